The summed E-state index contributed by atoms with van der Waals surface area (Å²) in [6.07, 6.45) is 1.64. The van der Waals surface area contributed by atoms with Crippen molar-refractivity contribution in [3.63, 3.8) is 0 Å². The second-order valence-electron chi connectivity index (χ2n) is 5.84. The summed E-state index contributed by atoms with van der Waals surface area (Å²) in [5.74, 6) is 0.486. The zero-order valence-corrected chi connectivity index (χ0v) is 16.9. The number of hydrogen-bond donors (Lipinski definition) is 1. The van der Waals surface area contributed by atoms with Crippen LogP contribution in [-0.2, 0) is 0 Å². The minimum Gasteiger partial charge on any atom is -0.496 e. The number of anilines is 1. The fourth-order valence-electron chi connectivity index (χ4n) is 2.71. The molecule has 0 aliphatic carbocycles. The quantitative estimate of drug-likeness (QED) is 0.433. The van der Waals surface area contributed by atoms with Gasteiger partial charge in [-0.15, -0.1) is 0 Å². The molecule has 28 heavy (non-hydrogen) atoms. The molecule has 1 N–H and O–H groups in total. The molecule has 2 aromatic carbocycles. The summed E-state index contributed by atoms with van der Waals surface area (Å²) >= 11 is 9.69. The lowest BCUT2D eigenvalue weighted by molar-refractivity contribution is 0.102. The normalized spacial score (nSPS) is 10.8. The van der Waals surface area contributed by atoms with Crippen LogP contribution in [0.25, 0.3) is 22.7 Å². The number of hydrogen-bond acceptors (Lipinski definition) is 5. The number of nitrogens with one attached hydrogen (secondary N) is 1. The molecule has 1 amide bonds. The summed E-state index contributed by atoms with van der Waals surface area (Å²) in [5, 5.41) is 3.30. The van der Waals surface area contributed by atoms with E-state index in [9.17, 15) is 4.79 Å². The first kappa shape index (κ1) is 18.5. The molecule has 4 rings (SSSR count). The maximum atomic E-state index is 12.7. The summed E-state index contributed by atoms with van der Waals surface area (Å²) < 4.78 is 11.8. The Labute approximate surface area is 173 Å². The molecule has 4 aromatic rings. The molecule has 0 atom stereocenters. The molecular formula is C20H13BrClN3O3. The predicted molar refractivity (Wildman–Crippen MR) is 111 cm³/mol. The molecule has 2 heterocycles. The summed E-state index contributed by atoms with van der Waals surface area (Å²) in [6, 6.07) is 13.8. The molecule has 140 valence electrons. The van der Waals surface area contributed by atoms with Crippen LogP contribution in [0.4, 0.5) is 5.69 Å². The highest BCUT2D eigenvalue weighted by Gasteiger charge is 2.16. The van der Waals surface area contributed by atoms with E-state index < -0.39 is 0 Å². The molecule has 0 spiro atoms. The Bertz CT molecular complexity index is 1160. The Balaban J connectivity index is 1.67. The molecule has 0 unspecified atom stereocenters. The van der Waals surface area contributed by atoms with Gasteiger partial charge in [0.25, 0.3) is 5.91 Å². The monoisotopic (exact) mass is 457 g/mol. The highest BCUT2D eigenvalue weighted by Crippen LogP contribution is 2.32. The number of halogens is 2. The van der Waals surface area contributed by atoms with Crippen molar-refractivity contribution in [2.75, 3.05) is 12.4 Å². The molecule has 0 aliphatic heterocycles. The van der Waals surface area contributed by atoms with E-state index in [1.54, 1.807) is 54.7 Å². The van der Waals surface area contributed by atoms with Gasteiger partial charge in [-0.1, -0.05) is 27.5 Å². The van der Waals surface area contributed by atoms with Crippen LogP contribution in [-0.4, -0.2) is 23.0 Å². The number of carbonyl (C=O) groups excluding carboxylic acids is 1. The molecule has 0 bridgehead atoms. The van der Waals surface area contributed by atoms with Crippen molar-refractivity contribution >= 4 is 50.4 Å². The van der Waals surface area contributed by atoms with Gasteiger partial charge in [-0.3, -0.25) is 4.79 Å². The first-order valence-electron chi connectivity index (χ1n) is 8.21. The van der Waals surface area contributed by atoms with E-state index in [1.807, 2.05) is 0 Å². The van der Waals surface area contributed by atoms with Gasteiger partial charge < -0.3 is 14.5 Å². The minimum absolute atomic E-state index is 0.314. The van der Waals surface area contributed by atoms with Crippen molar-refractivity contribution in [1.29, 1.82) is 0 Å². The van der Waals surface area contributed by atoms with E-state index in [0.717, 1.165) is 4.47 Å². The van der Waals surface area contributed by atoms with Gasteiger partial charge in [0.2, 0.25) is 5.89 Å². The Hall–Kier alpha value is -2.90. The first-order chi connectivity index (χ1) is 13.5. The predicted octanol–water partition coefficient (Wildman–Crippen LogP) is 5.57. The van der Waals surface area contributed by atoms with E-state index in [4.69, 9.17) is 20.8 Å². The average Bonchev–Trinajstić information content (AvgIpc) is 3.13. The Morgan fingerprint density at radius 3 is 2.86 bits per heavy atom. The van der Waals surface area contributed by atoms with Crippen molar-refractivity contribution < 1.29 is 13.9 Å². The topological polar surface area (TPSA) is 77.2 Å². The smallest absolute Gasteiger partial charge is 0.259 e. The van der Waals surface area contributed by atoms with Crippen molar-refractivity contribution in [2.45, 2.75) is 0 Å². The summed E-state index contributed by atoms with van der Waals surface area (Å²) in [6.45, 7) is 0. The summed E-state index contributed by atoms with van der Waals surface area (Å²) in [5.41, 5.74) is 2.54. The molecule has 2 aromatic heterocycles. The standard InChI is InChI=1S/C20H13BrClN3O3/c1-27-16-7-4-11(21)9-14(16)19(26)24-12-5-6-15(22)13(10-12)20-25-18-17(28-20)3-2-8-23-18/h2-10H,1H3,(H,24,26). The number of carbonyl (C=O) groups is 1. The number of methoxy groups -OCH3 is 1. The number of oxazole rings is 1. The van der Waals surface area contributed by atoms with E-state index >= 15 is 0 Å². The molecule has 0 saturated carbocycles. The lowest BCUT2D eigenvalue weighted by atomic mass is 10.1. The van der Waals surface area contributed by atoms with Crippen LogP contribution in [0.1, 0.15) is 10.4 Å². The summed E-state index contributed by atoms with van der Waals surface area (Å²) in [4.78, 5) is 21.2. The maximum Gasteiger partial charge on any atom is 0.259 e. The van der Waals surface area contributed by atoms with Gasteiger partial charge in [-0.05, 0) is 48.5 Å². The highest BCUT2D eigenvalue weighted by atomic mass is 79.9. The van der Waals surface area contributed by atoms with Crippen molar-refractivity contribution in [3.8, 4) is 17.2 Å². The van der Waals surface area contributed by atoms with Crippen LogP contribution in [0, 0.1) is 0 Å². The van der Waals surface area contributed by atoms with Gasteiger partial charge in [0.1, 0.15) is 5.75 Å². The van der Waals surface area contributed by atoms with Gasteiger partial charge in [-0.2, -0.15) is 4.98 Å². The third-order valence-corrected chi connectivity index (χ3v) is 4.85. The Morgan fingerprint density at radius 1 is 1.21 bits per heavy atom. The van der Waals surface area contributed by atoms with Crippen LogP contribution < -0.4 is 10.1 Å². The van der Waals surface area contributed by atoms with Gasteiger partial charge in [0.05, 0.1) is 23.3 Å². The molecule has 0 aliphatic rings. The Morgan fingerprint density at radius 2 is 2.07 bits per heavy atom. The zero-order valence-electron chi connectivity index (χ0n) is 14.6. The van der Waals surface area contributed by atoms with Crippen LogP contribution in [0.3, 0.4) is 0 Å². The fraction of sp³-hybridized carbons (Fsp3) is 0.0500. The van der Waals surface area contributed by atoms with Gasteiger partial charge in [0.15, 0.2) is 11.2 Å². The molecule has 6 nitrogen and oxygen atoms in total. The SMILES string of the molecule is COc1ccc(Br)cc1C(=O)Nc1ccc(Cl)c(-c2nc3ncccc3o2)c1. The number of rotatable bonds is 4. The molecular weight excluding hydrogens is 446 g/mol. The van der Waals surface area contributed by atoms with Gasteiger partial charge in [-0.25, -0.2) is 4.98 Å². The van der Waals surface area contributed by atoms with Gasteiger partial charge >= 0.3 is 0 Å². The second kappa shape index (κ2) is 7.61. The molecule has 0 fully saturated rings. The highest BCUT2D eigenvalue weighted by molar-refractivity contribution is 9.10. The number of pyridine rings is 1. The van der Waals surface area contributed by atoms with Crippen molar-refractivity contribution in [1.82, 2.24) is 9.97 Å². The van der Waals surface area contributed by atoms with Crippen molar-refractivity contribution in [2.24, 2.45) is 0 Å². The number of nitrogens with zero attached hydrogens (tertiary/aromatic N) is 2. The third kappa shape index (κ3) is 3.58. The lowest BCUT2D eigenvalue weighted by Gasteiger charge is -2.11. The number of amides is 1. The van der Waals surface area contributed by atoms with E-state index in [1.165, 1.54) is 7.11 Å². The number of benzene rings is 2. The largest absolute Gasteiger partial charge is 0.496 e. The van der Waals surface area contributed by atoms with Crippen LogP contribution in [0.5, 0.6) is 5.75 Å². The number of aromatic nitrogens is 2. The fourth-order valence-corrected chi connectivity index (χ4v) is 3.27. The number of fused-ring (bicyclic) bond motifs is 1. The lowest BCUT2D eigenvalue weighted by Crippen LogP contribution is -2.13. The molecule has 0 radical (unpaired) electrons. The van der Waals surface area contributed by atoms with E-state index in [-0.39, 0.29) is 5.91 Å². The zero-order chi connectivity index (χ0) is 19.7. The van der Waals surface area contributed by atoms with Crippen molar-refractivity contribution in [3.05, 3.63) is 69.8 Å². The van der Waals surface area contributed by atoms with Crippen LogP contribution in [0.2, 0.25) is 5.02 Å². The maximum absolute atomic E-state index is 12.7. The Kier molecular flexibility index (Phi) is 5.02. The molecule has 0 saturated heterocycles. The van der Waals surface area contributed by atoms with Crippen LogP contribution in [0.15, 0.2) is 63.6 Å². The summed E-state index contributed by atoms with van der Waals surface area (Å²) in [7, 11) is 1.52. The number of ether oxygens (including phenoxy) is 1. The first-order valence-corrected chi connectivity index (χ1v) is 9.38. The third-order valence-electron chi connectivity index (χ3n) is 4.03. The van der Waals surface area contributed by atoms with E-state index in [2.05, 4.69) is 31.2 Å². The second-order valence-corrected chi connectivity index (χ2v) is 7.16. The average molecular weight is 459 g/mol. The van der Waals surface area contributed by atoms with Gasteiger partial charge in [0, 0.05) is 16.4 Å². The molecule has 8 heteroatoms. The van der Waals surface area contributed by atoms with Crippen LogP contribution >= 0.6 is 27.5 Å². The van der Waals surface area contributed by atoms with E-state index in [0.29, 0.717) is 44.7 Å². The minimum atomic E-state index is -0.314.